The molecule has 1 N–H and O–H groups in total. The van der Waals surface area contributed by atoms with Gasteiger partial charge in [0, 0.05) is 30.7 Å². The molecule has 4 aromatic rings. The molecule has 5 rings (SSSR count). The van der Waals surface area contributed by atoms with Crippen LogP contribution in [0.15, 0.2) is 36.7 Å². The summed E-state index contributed by atoms with van der Waals surface area (Å²) in [7, 11) is 1.86. The summed E-state index contributed by atoms with van der Waals surface area (Å²) in [5.74, 6) is 1.67. The van der Waals surface area contributed by atoms with Crippen LogP contribution in [0.3, 0.4) is 0 Å². The molecule has 1 aromatic carbocycles. The van der Waals surface area contributed by atoms with Crippen molar-refractivity contribution in [2.75, 3.05) is 5.32 Å². The second kappa shape index (κ2) is 7.67. The Morgan fingerprint density at radius 3 is 2.62 bits per heavy atom. The lowest BCUT2D eigenvalue weighted by Crippen LogP contribution is -2.07. The van der Waals surface area contributed by atoms with Crippen LogP contribution >= 0.6 is 0 Å². The fourth-order valence-electron chi connectivity index (χ4n) is 4.30. The normalized spacial score (nSPS) is 12.9. The summed E-state index contributed by atoms with van der Waals surface area (Å²) in [5, 5.41) is 12.5. The van der Waals surface area contributed by atoms with E-state index in [9.17, 15) is 9.18 Å². The predicted molar refractivity (Wildman–Crippen MR) is 118 cm³/mol. The zero-order valence-electron chi connectivity index (χ0n) is 18.1. The van der Waals surface area contributed by atoms with E-state index in [2.05, 4.69) is 25.5 Å². The summed E-state index contributed by atoms with van der Waals surface area (Å²) < 4.78 is 16.9. The number of anilines is 2. The Bertz CT molecular complexity index is 1340. The van der Waals surface area contributed by atoms with Crippen molar-refractivity contribution in [1.29, 1.82) is 0 Å². The Balaban J connectivity index is 1.50. The first-order chi connectivity index (χ1) is 15.5. The maximum absolute atomic E-state index is 13.4. The molecule has 3 aromatic heterocycles. The third-order valence-electron chi connectivity index (χ3n) is 5.79. The van der Waals surface area contributed by atoms with Crippen LogP contribution in [0.4, 0.5) is 16.0 Å². The number of rotatable bonds is 5. The first kappa shape index (κ1) is 20.0. The molecule has 1 aliphatic rings. The average Bonchev–Trinajstić information content (AvgIpc) is 3.42. The highest BCUT2D eigenvalue weighted by molar-refractivity contribution is 6.01. The van der Waals surface area contributed by atoms with Gasteiger partial charge in [-0.25, -0.2) is 19.0 Å². The first-order valence-electron chi connectivity index (χ1n) is 10.5. The minimum Gasteiger partial charge on any atom is -0.323 e. The molecule has 0 saturated carbocycles. The molecule has 0 bridgehead atoms. The summed E-state index contributed by atoms with van der Waals surface area (Å²) in [6.07, 6.45) is 3.37. The van der Waals surface area contributed by atoms with Crippen molar-refractivity contribution in [1.82, 2.24) is 29.5 Å². The SMILES string of the molecule is CCc1c(Nc2cc(-n3nc4c(c3C)C(=O)CC4)ncn2)nn(C)c1-c1ccc(F)cc1. The van der Waals surface area contributed by atoms with Gasteiger partial charge in [-0.15, -0.1) is 0 Å². The van der Waals surface area contributed by atoms with Gasteiger partial charge in [0.15, 0.2) is 17.4 Å². The maximum atomic E-state index is 13.4. The standard InChI is InChI=1S/C23H22FN7O/c1-4-16-22(14-5-7-15(24)8-6-14)30(3)29-23(16)27-19-11-20(26-12-25-19)31-13(2)21-17(28-31)9-10-18(21)32/h5-8,11-12H,4,9-10H2,1-3H3,(H,25,26,27,29). The van der Waals surface area contributed by atoms with Crippen molar-refractivity contribution < 1.29 is 9.18 Å². The Labute approximate surface area is 184 Å². The van der Waals surface area contributed by atoms with Crippen molar-refractivity contribution >= 4 is 17.4 Å². The zero-order valence-corrected chi connectivity index (χ0v) is 18.1. The number of aryl methyl sites for hydroxylation is 2. The lowest BCUT2D eigenvalue weighted by atomic mass is 10.1. The Kier molecular flexibility index (Phi) is 4.80. The van der Waals surface area contributed by atoms with E-state index < -0.39 is 0 Å². The highest BCUT2D eigenvalue weighted by Gasteiger charge is 2.27. The van der Waals surface area contributed by atoms with E-state index in [4.69, 9.17) is 0 Å². The molecule has 8 nitrogen and oxygen atoms in total. The van der Waals surface area contributed by atoms with Gasteiger partial charge in [-0.05, 0) is 44.0 Å². The Hall–Kier alpha value is -3.88. The fourth-order valence-corrected chi connectivity index (χ4v) is 4.30. The second-order valence-electron chi connectivity index (χ2n) is 7.79. The Morgan fingerprint density at radius 1 is 1.12 bits per heavy atom. The smallest absolute Gasteiger partial charge is 0.166 e. The van der Waals surface area contributed by atoms with Gasteiger partial charge in [-0.1, -0.05) is 6.92 Å². The van der Waals surface area contributed by atoms with E-state index in [1.165, 1.54) is 18.5 Å². The number of benzene rings is 1. The summed E-state index contributed by atoms with van der Waals surface area (Å²) >= 11 is 0. The number of Topliss-reactive ketones (excluding diaryl/α,β-unsaturated/α-hetero) is 1. The van der Waals surface area contributed by atoms with Gasteiger partial charge in [0.05, 0.1) is 22.6 Å². The quantitative estimate of drug-likeness (QED) is 0.515. The fraction of sp³-hybridized carbons (Fsp3) is 0.261. The molecular formula is C23H22FN7O. The molecule has 0 aliphatic heterocycles. The van der Waals surface area contributed by atoms with Crippen LogP contribution in [-0.2, 0) is 19.9 Å². The molecular weight excluding hydrogens is 409 g/mol. The summed E-state index contributed by atoms with van der Waals surface area (Å²) in [5.41, 5.74) is 5.13. The van der Waals surface area contributed by atoms with Crippen LogP contribution in [0.5, 0.6) is 0 Å². The van der Waals surface area contributed by atoms with Crippen molar-refractivity contribution in [2.24, 2.45) is 7.05 Å². The topological polar surface area (TPSA) is 90.5 Å². The lowest BCUT2D eigenvalue weighted by molar-refractivity contribution is 0.0993. The molecule has 0 saturated heterocycles. The van der Waals surface area contributed by atoms with E-state index in [1.807, 2.05) is 20.9 Å². The Morgan fingerprint density at radius 2 is 1.91 bits per heavy atom. The molecule has 162 valence electrons. The highest BCUT2D eigenvalue weighted by atomic mass is 19.1. The molecule has 0 amide bonds. The minimum absolute atomic E-state index is 0.130. The van der Waals surface area contributed by atoms with Crippen molar-refractivity contribution in [3.63, 3.8) is 0 Å². The van der Waals surface area contributed by atoms with E-state index in [-0.39, 0.29) is 11.6 Å². The highest BCUT2D eigenvalue weighted by Crippen LogP contribution is 2.31. The van der Waals surface area contributed by atoms with E-state index in [0.717, 1.165) is 34.6 Å². The van der Waals surface area contributed by atoms with E-state index in [0.29, 0.717) is 35.9 Å². The number of nitrogens with one attached hydrogen (secondary N) is 1. The van der Waals surface area contributed by atoms with Gasteiger partial charge in [-0.3, -0.25) is 9.48 Å². The second-order valence-corrected chi connectivity index (χ2v) is 7.79. The molecule has 0 radical (unpaired) electrons. The summed E-state index contributed by atoms with van der Waals surface area (Å²) in [6.45, 7) is 3.93. The van der Waals surface area contributed by atoms with Crippen LogP contribution in [0, 0.1) is 12.7 Å². The number of hydrogen-bond donors (Lipinski definition) is 1. The number of fused-ring (bicyclic) bond motifs is 1. The molecule has 0 unspecified atom stereocenters. The van der Waals surface area contributed by atoms with Crippen molar-refractivity contribution in [2.45, 2.75) is 33.1 Å². The molecule has 0 fully saturated rings. The van der Waals surface area contributed by atoms with Gasteiger partial charge >= 0.3 is 0 Å². The number of nitrogens with zero attached hydrogens (tertiary/aromatic N) is 6. The molecule has 32 heavy (non-hydrogen) atoms. The number of halogens is 1. The summed E-state index contributed by atoms with van der Waals surface area (Å²) in [4.78, 5) is 20.8. The van der Waals surface area contributed by atoms with Crippen LogP contribution in [-0.4, -0.2) is 35.3 Å². The maximum Gasteiger partial charge on any atom is 0.166 e. The first-order valence-corrected chi connectivity index (χ1v) is 10.5. The van der Waals surface area contributed by atoms with Gasteiger partial charge in [-0.2, -0.15) is 10.2 Å². The van der Waals surface area contributed by atoms with E-state index in [1.54, 1.807) is 27.6 Å². The van der Waals surface area contributed by atoms with Crippen LogP contribution in [0.2, 0.25) is 0 Å². The predicted octanol–water partition coefficient (Wildman–Crippen LogP) is 3.95. The molecule has 3 heterocycles. The van der Waals surface area contributed by atoms with E-state index >= 15 is 0 Å². The van der Waals surface area contributed by atoms with Gasteiger partial charge in [0.1, 0.15) is 18.0 Å². The lowest BCUT2D eigenvalue weighted by Gasteiger charge is -2.09. The monoisotopic (exact) mass is 431 g/mol. The van der Waals surface area contributed by atoms with Crippen LogP contribution in [0.25, 0.3) is 17.1 Å². The zero-order chi connectivity index (χ0) is 22.4. The largest absolute Gasteiger partial charge is 0.323 e. The molecule has 0 spiro atoms. The average molecular weight is 431 g/mol. The third kappa shape index (κ3) is 3.26. The van der Waals surface area contributed by atoms with Gasteiger partial charge < -0.3 is 5.32 Å². The van der Waals surface area contributed by atoms with Gasteiger partial charge in [0.25, 0.3) is 0 Å². The third-order valence-corrected chi connectivity index (χ3v) is 5.79. The van der Waals surface area contributed by atoms with Gasteiger partial charge in [0.2, 0.25) is 0 Å². The van der Waals surface area contributed by atoms with Crippen LogP contribution in [0.1, 0.15) is 40.7 Å². The molecule has 9 heteroatoms. The van der Waals surface area contributed by atoms with Crippen molar-refractivity contribution in [3.8, 4) is 17.1 Å². The molecule has 1 aliphatic carbocycles. The van der Waals surface area contributed by atoms with Crippen LogP contribution < -0.4 is 5.32 Å². The summed E-state index contributed by atoms with van der Waals surface area (Å²) in [6, 6.07) is 8.17. The molecule has 0 atom stereocenters. The minimum atomic E-state index is -0.276. The number of carbonyl (C=O) groups excluding carboxylic acids is 1. The number of aromatic nitrogens is 6. The number of ketones is 1. The van der Waals surface area contributed by atoms with Crippen molar-refractivity contribution in [3.05, 3.63) is 65.0 Å². The number of hydrogen-bond acceptors (Lipinski definition) is 6. The number of carbonyl (C=O) groups is 1.